The third-order valence-electron chi connectivity index (χ3n) is 3.09. The molecule has 0 radical (unpaired) electrons. The van der Waals surface area contributed by atoms with E-state index >= 15 is 0 Å². The number of hydrogen-bond donors (Lipinski definition) is 0. The van der Waals surface area contributed by atoms with Crippen LogP contribution in [0, 0.1) is 0 Å². The van der Waals surface area contributed by atoms with Gasteiger partial charge >= 0.3 is 0 Å². The number of methoxy groups -OCH3 is 1. The van der Waals surface area contributed by atoms with Crippen LogP contribution in [-0.2, 0) is 6.42 Å². The molecule has 0 aliphatic carbocycles. The van der Waals surface area contributed by atoms with Crippen LogP contribution in [0.15, 0.2) is 18.2 Å². The van der Waals surface area contributed by atoms with E-state index in [0.29, 0.717) is 6.61 Å². The Labute approximate surface area is 123 Å². The van der Waals surface area contributed by atoms with Crippen LogP contribution in [0.25, 0.3) is 0 Å². The number of hydrogen-bond acceptors (Lipinski definition) is 4. The Kier molecular flexibility index (Phi) is 7.41. The summed E-state index contributed by atoms with van der Waals surface area (Å²) in [5, 5.41) is 0. The number of aryl methyl sites for hydroxylation is 1. The zero-order valence-corrected chi connectivity index (χ0v) is 13.5. The minimum Gasteiger partial charge on any atom is -0.493 e. The summed E-state index contributed by atoms with van der Waals surface area (Å²) in [4.78, 5) is 4.30. The molecule has 0 saturated carbocycles. The standard InChI is InChI=1S/C16H28N2O2/c1-17(2)10-6-7-14-8-9-15(16(13-14)19-5)20-12-11-18(3)4/h8-9,13H,6-7,10-12H2,1-5H3. The lowest BCUT2D eigenvalue weighted by atomic mass is 10.1. The molecule has 114 valence electrons. The largest absolute Gasteiger partial charge is 0.493 e. The van der Waals surface area contributed by atoms with Crippen LogP contribution >= 0.6 is 0 Å². The second-order valence-corrected chi connectivity index (χ2v) is 5.54. The van der Waals surface area contributed by atoms with Crippen LogP contribution in [0.1, 0.15) is 12.0 Å². The number of nitrogens with zero attached hydrogens (tertiary/aromatic N) is 2. The smallest absolute Gasteiger partial charge is 0.161 e. The number of ether oxygens (including phenoxy) is 2. The first-order valence-corrected chi connectivity index (χ1v) is 7.12. The van der Waals surface area contributed by atoms with Crippen LogP contribution < -0.4 is 9.47 Å². The van der Waals surface area contributed by atoms with E-state index < -0.39 is 0 Å². The molecule has 0 bridgehead atoms. The molecule has 0 spiro atoms. The monoisotopic (exact) mass is 280 g/mol. The van der Waals surface area contributed by atoms with Crippen molar-refractivity contribution in [2.24, 2.45) is 0 Å². The summed E-state index contributed by atoms with van der Waals surface area (Å²) in [7, 11) is 9.96. The summed E-state index contributed by atoms with van der Waals surface area (Å²) in [5.41, 5.74) is 1.30. The van der Waals surface area contributed by atoms with Crippen molar-refractivity contribution in [1.29, 1.82) is 0 Å². The van der Waals surface area contributed by atoms with Gasteiger partial charge < -0.3 is 19.3 Å². The summed E-state index contributed by atoms with van der Waals surface area (Å²) < 4.78 is 11.2. The first kappa shape index (κ1) is 16.8. The van der Waals surface area contributed by atoms with Crippen molar-refractivity contribution in [2.45, 2.75) is 12.8 Å². The summed E-state index contributed by atoms with van der Waals surface area (Å²) in [6.45, 7) is 2.67. The molecule has 0 fully saturated rings. The molecule has 0 aliphatic heterocycles. The molecule has 0 N–H and O–H groups in total. The van der Waals surface area contributed by atoms with E-state index in [2.05, 4.69) is 36.0 Å². The maximum atomic E-state index is 5.76. The van der Waals surface area contributed by atoms with E-state index in [9.17, 15) is 0 Å². The summed E-state index contributed by atoms with van der Waals surface area (Å²) >= 11 is 0. The van der Waals surface area contributed by atoms with E-state index in [1.165, 1.54) is 5.56 Å². The summed E-state index contributed by atoms with van der Waals surface area (Å²) in [6, 6.07) is 6.23. The van der Waals surface area contributed by atoms with Gasteiger partial charge in [-0.15, -0.1) is 0 Å². The minimum atomic E-state index is 0.670. The van der Waals surface area contributed by atoms with Gasteiger partial charge in [-0.25, -0.2) is 0 Å². The van der Waals surface area contributed by atoms with Gasteiger partial charge in [0.05, 0.1) is 7.11 Å². The average Bonchev–Trinajstić information content (AvgIpc) is 2.39. The molecule has 1 aromatic rings. The van der Waals surface area contributed by atoms with Gasteiger partial charge in [0, 0.05) is 6.54 Å². The molecular weight excluding hydrogens is 252 g/mol. The predicted octanol–water partition coefficient (Wildman–Crippen LogP) is 2.13. The summed E-state index contributed by atoms with van der Waals surface area (Å²) in [6.07, 6.45) is 2.21. The van der Waals surface area contributed by atoms with E-state index in [-0.39, 0.29) is 0 Å². The van der Waals surface area contributed by atoms with Crippen LogP contribution in [-0.4, -0.2) is 64.8 Å². The van der Waals surface area contributed by atoms with Crippen molar-refractivity contribution in [3.05, 3.63) is 23.8 Å². The van der Waals surface area contributed by atoms with Gasteiger partial charge in [0.15, 0.2) is 11.5 Å². The Morgan fingerprint density at radius 2 is 1.65 bits per heavy atom. The van der Waals surface area contributed by atoms with Crippen molar-refractivity contribution in [2.75, 3.05) is 55.0 Å². The van der Waals surface area contributed by atoms with Crippen LogP contribution in [0.2, 0.25) is 0 Å². The molecule has 0 aromatic heterocycles. The predicted molar refractivity (Wildman–Crippen MR) is 83.9 cm³/mol. The van der Waals surface area contributed by atoms with Crippen LogP contribution in [0.3, 0.4) is 0 Å². The topological polar surface area (TPSA) is 24.9 Å². The minimum absolute atomic E-state index is 0.670. The van der Waals surface area contributed by atoms with Gasteiger partial charge in [-0.3, -0.25) is 0 Å². The van der Waals surface area contributed by atoms with Gasteiger partial charge in [-0.2, -0.15) is 0 Å². The Balaban J connectivity index is 2.56. The Hall–Kier alpha value is -1.26. The number of rotatable bonds is 9. The maximum absolute atomic E-state index is 5.76. The number of likely N-dealkylation sites (N-methyl/N-ethyl adjacent to an activating group) is 1. The van der Waals surface area contributed by atoms with Crippen molar-refractivity contribution in [3.8, 4) is 11.5 Å². The zero-order valence-electron chi connectivity index (χ0n) is 13.5. The Bertz CT molecular complexity index is 392. The number of benzene rings is 1. The third kappa shape index (κ3) is 6.26. The van der Waals surface area contributed by atoms with Crippen molar-refractivity contribution in [3.63, 3.8) is 0 Å². The fourth-order valence-electron chi connectivity index (χ4n) is 1.92. The second-order valence-electron chi connectivity index (χ2n) is 5.54. The van der Waals surface area contributed by atoms with Crippen molar-refractivity contribution in [1.82, 2.24) is 9.80 Å². The first-order valence-electron chi connectivity index (χ1n) is 7.12. The van der Waals surface area contributed by atoms with Gasteiger partial charge in [-0.1, -0.05) is 6.07 Å². The molecular formula is C16H28N2O2. The quantitative estimate of drug-likeness (QED) is 0.692. The lowest BCUT2D eigenvalue weighted by Gasteiger charge is -2.15. The Morgan fingerprint density at radius 3 is 2.25 bits per heavy atom. The van der Waals surface area contributed by atoms with Gasteiger partial charge in [-0.05, 0) is 65.3 Å². The van der Waals surface area contributed by atoms with Crippen LogP contribution in [0.4, 0.5) is 0 Å². The molecule has 1 rings (SSSR count). The molecule has 20 heavy (non-hydrogen) atoms. The molecule has 0 unspecified atom stereocenters. The highest BCUT2D eigenvalue weighted by Crippen LogP contribution is 2.28. The molecule has 0 amide bonds. The highest BCUT2D eigenvalue weighted by atomic mass is 16.5. The van der Waals surface area contributed by atoms with Gasteiger partial charge in [0.25, 0.3) is 0 Å². The van der Waals surface area contributed by atoms with Gasteiger partial charge in [0.2, 0.25) is 0 Å². The molecule has 0 heterocycles. The molecule has 0 aliphatic rings. The molecule has 4 nitrogen and oxygen atoms in total. The first-order chi connectivity index (χ1) is 9.52. The highest BCUT2D eigenvalue weighted by molar-refractivity contribution is 5.43. The van der Waals surface area contributed by atoms with Crippen molar-refractivity contribution < 1.29 is 9.47 Å². The molecule has 4 heteroatoms. The molecule has 0 saturated heterocycles. The zero-order chi connectivity index (χ0) is 15.0. The maximum Gasteiger partial charge on any atom is 0.161 e. The van der Waals surface area contributed by atoms with E-state index in [1.807, 2.05) is 20.2 Å². The highest BCUT2D eigenvalue weighted by Gasteiger charge is 2.06. The van der Waals surface area contributed by atoms with E-state index in [4.69, 9.17) is 9.47 Å². The fourth-order valence-corrected chi connectivity index (χ4v) is 1.92. The fraction of sp³-hybridized carbons (Fsp3) is 0.625. The third-order valence-corrected chi connectivity index (χ3v) is 3.09. The second kappa shape index (κ2) is 8.82. The average molecular weight is 280 g/mol. The van der Waals surface area contributed by atoms with Gasteiger partial charge in [0.1, 0.15) is 6.61 Å². The Morgan fingerprint density at radius 1 is 0.950 bits per heavy atom. The van der Waals surface area contributed by atoms with Crippen LogP contribution in [0.5, 0.6) is 11.5 Å². The normalized spacial score (nSPS) is 11.2. The lowest BCUT2D eigenvalue weighted by molar-refractivity contribution is 0.250. The van der Waals surface area contributed by atoms with E-state index in [0.717, 1.165) is 37.4 Å². The molecule has 0 atom stereocenters. The SMILES string of the molecule is COc1cc(CCCN(C)C)ccc1OCCN(C)C. The lowest BCUT2D eigenvalue weighted by Crippen LogP contribution is -2.19. The van der Waals surface area contributed by atoms with Crippen molar-refractivity contribution >= 4 is 0 Å². The summed E-state index contributed by atoms with van der Waals surface area (Å²) in [5.74, 6) is 1.65. The van der Waals surface area contributed by atoms with E-state index in [1.54, 1.807) is 7.11 Å². The molecule has 1 aromatic carbocycles.